The molecule has 0 spiro atoms. The highest BCUT2D eigenvalue weighted by Gasteiger charge is 2.31. The average molecular weight is 383 g/mol. The Hall–Kier alpha value is -2.18. The minimum Gasteiger partial charge on any atom is -0.379 e. The smallest absolute Gasteiger partial charge is 0.251 e. The lowest BCUT2D eigenvalue weighted by Gasteiger charge is -2.23. The predicted octanol–water partition coefficient (Wildman–Crippen LogP) is 2.51. The van der Waals surface area contributed by atoms with Gasteiger partial charge in [-0.1, -0.05) is 17.3 Å². The van der Waals surface area contributed by atoms with Gasteiger partial charge < -0.3 is 19.9 Å². The molecule has 28 heavy (non-hydrogen) atoms. The summed E-state index contributed by atoms with van der Waals surface area (Å²) in [7, 11) is 0. The van der Waals surface area contributed by atoms with Gasteiger partial charge in [-0.05, 0) is 62.9 Å². The van der Waals surface area contributed by atoms with Crippen molar-refractivity contribution in [1.29, 1.82) is 0 Å². The van der Waals surface area contributed by atoms with Crippen LogP contribution in [0.3, 0.4) is 0 Å². The number of nitrogens with zero attached hydrogens (tertiary/aromatic N) is 1. The summed E-state index contributed by atoms with van der Waals surface area (Å²) in [5.74, 6) is 1.73. The van der Waals surface area contributed by atoms with Crippen molar-refractivity contribution in [3.05, 3.63) is 52.9 Å². The van der Waals surface area contributed by atoms with Crippen molar-refractivity contribution in [2.75, 3.05) is 26.3 Å². The summed E-state index contributed by atoms with van der Waals surface area (Å²) < 4.78 is 11.0. The lowest BCUT2D eigenvalue weighted by Crippen LogP contribution is -2.40. The molecule has 0 unspecified atom stereocenters. The molecule has 2 saturated heterocycles. The molecule has 4 rings (SSSR count). The van der Waals surface area contributed by atoms with E-state index in [9.17, 15) is 4.79 Å². The highest BCUT2D eigenvalue weighted by Crippen LogP contribution is 2.21. The normalized spacial score (nSPS) is 23.0. The first-order chi connectivity index (χ1) is 13.7. The van der Waals surface area contributed by atoms with Crippen LogP contribution in [0.15, 0.2) is 34.9 Å². The van der Waals surface area contributed by atoms with Crippen LogP contribution in [-0.2, 0) is 17.6 Å². The van der Waals surface area contributed by atoms with E-state index in [0.29, 0.717) is 19.1 Å². The Morgan fingerprint density at radius 2 is 2.07 bits per heavy atom. The van der Waals surface area contributed by atoms with Gasteiger partial charge >= 0.3 is 0 Å². The van der Waals surface area contributed by atoms with Crippen LogP contribution in [0, 0.1) is 18.8 Å². The Labute approximate surface area is 166 Å². The van der Waals surface area contributed by atoms with Gasteiger partial charge in [0.15, 0.2) is 0 Å². The standard InChI is InChI=1S/C22H29N3O3/c1-15-9-20(28-25-15)12-19-13-27-14-21(19)24-22(26)18-4-2-3-17(11-18)10-16-5-7-23-8-6-16/h2-4,9,11,16,19,21,23H,5-8,10,12-14H2,1H3,(H,24,26)/t19-,21+/m1/s1. The number of piperidine rings is 1. The molecule has 0 aliphatic carbocycles. The molecule has 1 amide bonds. The Bertz CT molecular complexity index is 798. The molecule has 6 heteroatoms. The van der Waals surface area contributed by atoms with Crippen LogP contribution in [0.4, 0.5) is 0 Å². The summed E-state index contributed by atoms with van der Waals surface area (Å²) in [6.45, 7) is 5.27. The van der Waals surface area contributed by atoms with E-state index in [1.54, 1.807) is 0 Å². The second-order valence-corrected chi connectivity index (χ2v) is 8.11. The number of ether oxygens (including phenoxy) is 1. The maximum Gasteiger partial charge on any atom is 0.251 e. The molecular weight excluding hydrogens is 354 g/mol. The lowest BCUT2D eigenvalue weighted by atomic mass is 9.90. The van der Waals surface area contributed by atoms with E-state index in [0.717, 1.165) is 42.9 Å². The summed E-state index contributed by atoms with van der Waals surface area (Å²) in [6, 6.07) is 10.00. The second-order valence-electron chi connectivity index (χ2n) is 8.11. The van der Waals surface area contributed by atoms with E-state index in [2.05, 4.69) is 21.9 Å². The van der Waals surface area contributed by atoms with Crippen LogP contribution in [0.2, 0.25) is 0 Å². The van der Waals surface area contributed by atoms with Gasteiger partial charge in [-0.2, -0.15) is 0 Å². The Kier molecular flexibility index (Phi) is 6.07. The van der Waals surface area contributed by atoms with Gasteiger partial charge in [-0.25, -0.2) is 0 Å². The summed E-state index contributed by atoms with van der Waals surface area (Å²) >= 11 is 0. The first-order valence-electron chi connectivity index (χ1n) is 10.3. The number of nitrogens with one attached hydrogen (secondary N) is 2. The van der Waals surface area contributed by atoms with Gasteiger partial charge in [0.1, 0.15) is 5.76 Å². The Balaban J connectivity index is 1.36. The first kappa shape index (κ1) is 19.2. The van der Waals surface area contributed by atoms with Crippen molar-refractivity contribution in [2.24, 2.45) is 11.8 Å². The third-order valence-electron chi connectivity index (χ3n) is 5.83. The van der Waals surface area contributed by atoms with Crippen molar-refractivity contribution < 1.29 is 14.1 Å². The predicted molar refractivity (Wildman–Crippen MR) is 106 cm³/mol. The molecule has 0 radical (unpaired) electrons. The van der Waals surface area contributed by atoms with Gasteiger partial charge in [0, 0.05) is 24.0 Å². The number of rotatable bonds is 6. The molecular formula is C22H29N3O3. The van der Waals surface area contributed by atoms with E-state index < -0.39 is 0 Å². The molecule has 2 N–H and O–H groups in total. The highest BCUT2D eigenvalue weighted by atomic mass is 16.5. The third-order valence-corrected chi connectivity index (χ3v) is 5.83. The van der Waals surface area contributed by atoms with E-state index in [1.807, 2.05) is 31.2 Å². The zero-order chi connectivity index (χ0) is 19.3. The number of carbonyl (C=O) groups excluding carboxylic acids is 1. The maximum atomic E-state index is 12.8. The van der Waals surface area contributed by atoms with Crippen molar-refractivity contribution in [2.45, 2.75) is 38.6 Å². The van der Waals surface area contributed by atoms with Crippen molar-refractivity contribution in [3.63, 3.8) is 0 Å². The number of hydrogen-bond acceptors (Lipinski definition) is 5. The fraction of sp³-hybridized carbons (Fsp3) is 0.545. The molecule has 6 nitrogen and oxygen atoms in total. The van der Waals surface area contributed by atoms with Gasteiger partial charge in [-0.3, -0.25) is 4.79 Å². The van der Waals surface area contributed by atoms with Crippen molar-refractivity contribution >= 4 is 5.91 Å². The van der Waals surface area contributed by atoms with Crippen molar-refractivity contribution in [3.8, 4) is 0 Å². The van der Waals surface area contributed by atoms with Gasteiger partial charge in [0.25, 0.3) is 5.91 Å². The minimum atomic E-state index is -0.0265. The summed E-state index contributed by atoms with van der Waals surface area (Å²) in [6.07, 6.45) is 4.18. The summed E-state index contributed by atoms with van der Waals surface area (Å²) in [5, 5.41) is 10.5. The molecule has 0 bridgehead atoms. The molecule has 2 aliphatic rings. The molecule has 2 aromatic rings. The number of amides is 1. The zero-order valence-electron chi connectivity index (χ0n) is 16.4. The first-order valence-corrected chi connectivity index (χ1v) is 10.3. The second kappa shape index (κ2) is 8.88. The average Bonchev–Trinajstić information content (AvgIpc) is 3.32. The number of aromatic nitrogens is 1. The van der Waals surface area contributed by atoms with E-state index in [4.69, 9.17) is 9.26 Å². The quantitative estimate of drug-likeness (QED) is 0.802. The molecule has 1 aromatic carbocycles. The monoisotopic (exact) mass is 383 g/mol. The maximum absolute atomic E-state index is 12.8. The molecule has 2 fully saturated rings. The Morgan fingerprint density at radius 1 is 1.21 bits per heavy atom. The minimum absolute atomic E-state index is 0.00835. The van der Waals surface area contributed by atoms with Crippen LogP contribution in [0.25, 0.3) is 0 Å². The highest BCUT2D eigenvalue weighted by molar-refractivity contribution is 5.94. The van der Waals surface area contributed by atoms with Crippen molar-refractivity contribution in [1.82, 2.24) is 15.8 Å². The third kappa shape index (κ3) is 4.80. The number of benzene rings is 1. The van der Waals surface area contributed by atoms with Gasteiger partial charge in [0.2, 0.25) is 0 Å². The molecule has 150 valence electrons. The topological polar surface area (TPSA) is 76.4 Å². The van der Waals surface area contributed by atoms with Crippen LogP contribution in [0.1, 0.15) is 40.2 Å². The van der Waals surface area contributed by atoms with Gasteiger partial charge in [0.05, 0.1) is 24.9 Å². The SMILES string of the molecule is Cc1cc(C[C@@H]2COC[C@@H]2NC(=O)c2cccc(CC3CCNCC3)c2)on1. The van der Waals surface area contributed by atoms with Crippen LogP contribution >= 0.6 is 0 Å². The van der Waals surface area contributed by atoms with Crippen LogP contribution in [0.5, 0.6) is 0 Å². The van der Waals surface area contributed by atoms with Crippen LogP contribution < -0.4 is 10.6 Å². The molecule has 2 aliphatic heterocycles. The van der Waals surface area contributed by atoms with Crippen LogP contribution in [-0.4, -0.2) is 43.4 Å². The number of carbonyl (C=O) groups is 1. The largest absolute Gasteiger partial charge is 0.379 e. The summed E-state index contributed by atoms with van der Waals surface area (Å²) in [5.41, 5.74) is 2.85. The fourth-order valence-electron chi connectivity index (χ4n) is 4.24. The van der Waals surface area contributed by atoms with E-state index >= 15 is 0 Å². The Morgan fingerprint density at radius 3 is 2.86 bits per heavy atom. The van der Waals surface area contributed by atoms with E-state index in [1.165, 1.54) is 18.4 Å². The summed E-state index contributed by atoms with van der Waals surface area (Å²) in [4.78, 5) is 12.8. The molecule has 3 heterocycles. The fourth-order valence-corrected chi connectivity index (χ4v) is 4.24. The lowest BCUT2D eigenvalue weighted by molar-refractivity contribution is 0.0924. The zero-order valence-corrected chi connectivity index (χ0v) is 16.4. The number of aryl methyl sites for hydroxylation is 1. The molecule has 1 aromatic heterocycles. The van der Waals surface area contributed by atoms with Gasteiger partial charge in [-0.15, -0.1) is 0 Å². The molecule has 2 atom stereocenters. The van der Waals surface area contributed by atoms with E-state index in [-0.39, 0.29) is 17.9 Å². The molecule has 0 saturated carbocycles. The number of hydrogen-bond donors (Lipinski definition) is 2.